The third-order valence-corrected chi connectivity index (χ3v) is 10.5. The Morgan fingerprint density at radius 2 is 1.30 bits per heavy atom. The number of fused-ring (bicyclic) bond motifs is 4. The van der Waals surface area contributed by atoms with Crippen LogP contribution in [0.1, 0.15) is 55.2 Å². The molecule has 0 spiro atoms. The van der Waals surface area contributed by atoms with Gasteiger partial charge in [-0.3, -0.25) is 30.4 Å². The summed E-state index contributed by atoms with van der Waals surface area (Å²) in [5, 5.41) is 26.5. The zero-order chi connectivity index (χ0) is 43.5. The molecule has 16 nitrogen and oxygen atoms in total. The van der Waals surface area contributed by atoms with Gasteiger partial charge in [-0.1, -0.05) is 30.3 Å². The van der Waals surface area contributed by atoms with Crippen LogP contribution < -0.4 is 26.2 Å². The van der Waals surface area contributed by atoms with Gasteiger partial charge in [0.1, 0.15) is 29.0 Å². The second-order valence-corrected chi connectivity index (χ2v) is 14.8. The first-order valence-electron chi connectivity index (χ1n) is 19.9. The van der Waals surface area contributed by atoms with Crippen LogP contribution in [0.3, 0.4) is 0 Å². The molecule has 0 unspecified atom stereocenters. The van der Waals surface area contributed by atoms with Crippen molar-refractivity contribution in [2.24, 2.45) is 0 Å². The van der Waals surface area contributed by atoms with Crippen molar-refractivity contribution in [3.8, 4) is 0 Å². The van der Waals surface area contributed by atoms with Gasteiger partial charge >= 0.3 is 0 Å². The SMILES string of the molecule is CN1CCCc2nc(NC(=O)c3cccc4[nH]ncc34)nc(NCc3cccc(F)c3)c21.O=C(Nc1nc2c(c(NCc3cccc(F)c3)n1)COC2)c1cc(F)cc2[nH]ncc12. The quantitative estimate of drug-likeness (QED) is 0.0805. The van der Waals surface area contributed by atoms with E-state index in [1.165, 1.54) is 36.5 Å². The summed E-state index contributed by atoms with van der Waals surface area (Å²) in [7, 11) is 1.99. The van der Waals surface area contributed by atoms with Gasteiger partial charge in [0.15, 0.2) is 5.82 Å². The van der Waals surface area contributed by atoms with E-state index >= 15 is 0 Å². The number of nitrogens with zero attached hydrogens (tertiary/aromatic N) is 7. The number of nitrogens with one attached hydrogen (secondary N) is 6. The highest BCUT2D eigenvalue weighted by molar-refractivity contribution is 6.12. The molecule has 2 aliphatic rings. The maximum absolute atomic E-state index is 13.9. The van der Waals surface area contributed by atoms with Crippen molar-refractivity contribution in [1.82, 2.24) is 40.3 Å². The zero-order valence-electron chi connectivity index (χ0n) is 33.6. The fourth-order valence-electron chi connectivity index (χ4n) is 7.48. The van der Waals surface area contributed by atoms with E-state index in [0.29, 0.717) is 53.5 Å². The fourth-order valence-corrected chi connectivity index (χ4v) is 7.48. The Labute approximate surface area is 356 Å². The van der Waals surface area contributed by atoms with Gasteiger partial charge in [0.2, 0.25) is 11.9 Å². The highest BCUT2D eigenvalue weighted by Gasteiger charge is 2.24. The van der Waals surface area contributed by atoms with E-state index in [9.17, 15) is 22.8 Å². The summed E-state index contributed by atoms with van der Waals surface area (Å²) in [4.78, 5) is 45.9. The summed E-state index contributed by atoms with van der Waals surface area (Å²) in [6.45, 7) is 2.22. The Morgan fingerprint density at radius 3 is 2.02 bits per heavy atom. The molecular formula is C44H38F3N13O3. The van der Waals surface area contributed by atoms with Crippen molar-refractivity contribution in [2.75, 3.05) is 39.8 Å². The number of aromatic nitrogens is 8. The second kappa shape index (κ2) is 17.6. The highest BCUT2D eigenvalue weighted by Crippen LogP contribution is 2.33. The van der Waals surface area contributed by atoms with Crippen molar-refractivity contribution in [3.05, 3.63) is 148 Å². The van der Waals surface area contributed by atoms with E-state index < -0.39 is 11.7 Å². The molecule has 0 bridgehead atoms. The topological polar surface area (TPSA) is 204 Å². The summed E-state index contributed by atoms with van der Waals surface area (Å²) < 4.78 is 46.4. The number of carbonyl (C=O) groups is 2. The van der Waals surface area contributed by atoms with Gasteiger partial charge in [-0.25, -0.2) is 23.1 Å². The Morgan fingerprint density at radius 1 is 0.683 bits per heavy atom. The monoisotopic (exact) mass is 853 g/mol. The first kappa shape index (κ1) is 40.5. The number of hydrogen-bond acceptors (Lipinski definition) is 12. The van der Waals surface area contributed by atoms with Crippen molar-refractivity contribution in [1.29, 1.82) is 0 Å². The maximum Gasteiger partial charge on any atom is 0.258 e. The molecule has 63 heavy (non-hydrogen) atoms. The standard InChI is InChI=1S/C23H22FN7O.C21H16F2N6O2/c1-31-10-4-9-19-20(31)21(25-12-14-5-2-6-15(24)11-14)28-23(27-19)29-22(32)16-7-3-8-18-17(16)13-26-30-18;22-12-3-1-2-11(4-12)7-24-19-16-9-31-10-18(16)26-21(27-19)28-20(30)14-5-13(23)6-17-15(14)8-25-29-17/h2-3,5-8,11,13H,4,9-10,12H2,1H3,(H,26,30)(H2,25,27,28,29,32);1-6,8H,7,9-10H2,(H,25,29)(H2,24,26,27,28,30). The predicted molar refractivity (Wildman–Crippen MR) is 230 cm³/mol. The molecule has 0 aliphatic carbocycles. The largest absolute Gasteiger partial charge is 0.370 e. The lowest BCUT2D eigenvalue weighted by molar-refractivity contribution is 0.101. The zero-order valence-corrected chi connectivity index (χ0v) is 33.6. The summed E-state index contributed by atoms with van der Waals surface area (Å²) in [5.41, 5.74) is 6.51. The van der Waals surface area contributed by atoms with E-state index in [1.807, 2.05) is 19.2 Å². The number of anilines is 5. The van der Waals surface area contributed by atoms with Crippen LogP contribution in [-0.4, -0.2) is 65.7 Å². The van der Waals surface area contributed by atoms with Gasteiger partial charge in [0.25, 0.3) is 11.8 Å². The van der Waals surface area contributed by atoms with Crippen LogP contribution in [0.2, 0.25) is 0 Å². The molecule has 6 N–H and O–H groups in total. The lowest BCUT2D eigenvalue weighted by atomic mass is 10.1. The first-order chi connectivity index (χ1) is 30.6. The number of carbonyl (C=O) groups excluding carboxylic acids is 2. The molecule has 0 fully saturated rings. The Balaban J connectivity index is 0.000000160. The molecule has 8 aromatic rings. The van der Waals surface area contributed by atoms with E-state index in [2.05, 4.69) is 66.5 Å². The Kier molecular flexibility index (Phi) is 11.3. The van der Waals surface area contributed by atoms with Crippen molar-refractivity contribution in [2.45, 2.75) is 39.1 Å². The van der Waals surface area contributed by atoms with Crippen molar-refractivity contribution < 1.29 is 27.5 Å². The van der Waals surface area contributed by atoms with Crippen LogP contribution >= 0.6 is 0 Å². The minimum absolute atomic E-state index is 0.0527. The number of hydrogen-bond donors (Lipinski definition) is 6. The summed E-state index contributed by atoms with van der Waals surface area (Å²) in [6, 6.07) is 20.4. The molecular weight excluding hydrogens is 816 g/mol. The molecule has 0 saturated carbocycles. The summed E-state index contributed by atoms with van der Waals surface area (Å²) in [6.07, 6.45) is 4.83. The van der Waals surface area contributed by atoms with Gasteiger partial charge < -0.3 is 20.3 Å². The number of benzene rings is 4. The van der Waals surface area contributed by atoms with E-state index in [0.717, 1.165) is 64.4 Å². The number of aryl methyl sites for hydroxylation is 1. The van der Waals surface area contributed by atoms with E-state index in [4.69, 9.17) is 4.74 Å². The number of aromatic amines is 2. The first-order valence-corrected chi connectivity index (χ1v) is 19.9. The smallest absolute Gasteiger partial charge is 0.258 e. The molecule has 10 rings (SSSR count). The van der Waals surface area contributed by atoms with Crippen LogP contribution in [0, 0.1) is 17.5 Å². The second-order valence-electron chi connectivity index (χ2n) is 14.8. The van der Waals surface area contributed by atoms with Gasteiger partial charge in [-0.2, -0.15) is 20.2 Å². The van der Waals surface area contributed by atoms with Gasteiger partial charge in [0, 0.05) is 43.0 Å². The average Bonchev–Trinajstić information content (AvgIpc) is 4.07. The van der Waals surface area contributed by atoms with Crippen molar-refractivity contribution in [3.63, 3.8) is 0 Å². The van der Waals surface area contributed by atoms with Crippen LogP contribution in [-0.2, 0) is 37.5 Å². The summed E-state index contributed by atoms with van der Waals surface area (Å²) in [5.74, 6) is -0.687. The molecule has 19 heteroatoms. The molecule has 0 atom stereocenters. The van der Waals surface area contributed by atoms with Gasteiger partial charge in [0.05, 0.1) is 59.2 Å². The third-order valence-electron chi connectivity index (χ3n) is 10.5. The number of rotatable bonds is 10. The minimum atomic E-state index is -0.569. The molecule has 0 saturated heterocycles. The number of amides is 2. The van der Waals surface area contributed by atoms with Gasteiger partial charge in [-0.15, -0.1) is 0 Å². The highest BCUT2D eigenvalue weighted by atomic mass is 19.1. The average molecular weight is 854 g/mol. The molecule has 2 aliphatic heterocycles. The fraction of sp³-hybridized carbons (Fsp3) is 0.182. The summed E-state index contributed by atoms with van der Waals surface area (Å²) >= 11 is 0. The number of ether oxygens (including phenoxy) is 1. The van der Waals surface area contributed by atoms with Crippen LogP contribution in [0.4, 0.5) is 42.4 Å². The normalized spacial score (nSPS) is 12.9. The van der Waals surface area contributed by atoms with E-state index in [1.54, 1.807) is 36.5 Å². The molecule has 6 heterocycles. The maximum atomic E-state index is 13.9. The number of halogens is 3. The molecule has 4 aromatic carbocycles. The molecule has 2 amide bonds. The van der Waals surface area contributed by atoms with Crippen LogP contribution in [0.25, 0.3) is 21.8 Å². The van der Waals surface area contributed by atoms with Crippen LogP contribution in [0.5, 0.6) is 0 Å². The lowest BCUT2D eigenvalue weighted by Crippen LogP contribution is -2.28. The molecule has 4 aromatic heterocycles. The Hall–Kier alpha value is -7.93. The third kappa shape index (κ3) is 8.94. The van der Waals surface area contributed by atoms with Crippen molar-refractivity contribution >= 4 is 62.8 Å². The van der Waals surface area contributed by atoms with Crippen LogP contribution in [0.15, 0.2) is 91.3 Å². The Bertz CT molecular complexity index is 3010. The minimum Gasteiger partial charge on any atom is -0.370 e. The number of H-pyrrole nitrogens is 2. The van der Waals surface area contributed by atoms with E-state index in [-0.39, 0.29) is 41.6 Å². The molecule has 318 valence electrons. The molecule has 0 radical (unpaired) electrons. The van der Waals surface area contributed by atoms with Gasteiger partial charge in [-0.05, 0) is 72.5 Å². The predicted octanol–water partition coefficient (Wildman–Crippen LogP) is 7.26. The lowest BCUT2D eigenvalue weighted by Gasteiger charge is -2.29.